The highest BCUT2D eigenvalue weighted by atomic mass is 16.6. The van der Waals surface area contributed by atoms with Gasteiger partial charge in [-0.25, -0.2) is 4.98 Å². The van der Waals surface area contributed by atoms with Gasteiger partial charge in [-0.1, -0.05) is 60.7 Å². The van der Waals surface area contributed by atoms with Crippen molar-refractivity contribution in [3.8, 4) is 22.4 Å². The second-order valence-electron chi connectivity index (χ2n) is 10.4. The number of piperazine rings is 1. The zero-order valence-electron chi connectivity index (χ0n) is 23.1. The number of benzene rings is 3. The highest BCUT2D eigenvalue weighted by Crippen LogP contribution is 2.30. The SMILES string of the molecule is O=C(COCc1ccccc1)N1CCN(Cc2c(-c3ccc([N+](=O)[O-])cc3)nc3ccc(-c4ccccc4)cn23)CC1. The van der Waals surface area contributed by atoms with Crippen LogP contribution in [0, 0.1) is 10.1 Å². The average molecular weight is 562 g/mol. The third-order valence-corrected chi connectivity index (χ3v) is 7.61. The number of aromatic nitrogens is 2. The monoisotopic (exact) mass is 561 g/mol. The van der Waals surface area contributed by atoms with Crippen LogP contribution < -0.4 is 0 Å². The quantitative estimate of drug-likeness (QED) is 0.176. The molecule has 0 N–H and O–H groups in total. The predicted octanol–water partition coefficient (Wildman–Crippen LogP) is 5.44. The fraction of sp³-hybridized carbons (Fsp3) is 0.212. The van der Waals surface area contributed by atoms with Crippen LogP contribution in [0.25, 0.3) is 28.0 Å². The van der Waals surface area contributed by atoms with E-state index in [4.69, 9.17) is 9.72 Å². The highest BCUT2D eigenvalue weighted by molar-refractivity contribution is 5.77. The second kappa shape index (κ2) is 12.3. The summed E-state index contributed by atoms with van der Waals surface area (Å²) in [6, 6.07) is 30.6. The topological polar surface area (TPSA) is 93.2 Å². The number of nitro benzene ring substituents is 1. The molecule has 1 fully saturated rings. The van der Waals surface area contributed by atoms with E-state index in [-0.39, 0.29) is 18.2 Å². The Hall–Kier alpha value is -4.86. The van der Waals surface area contributed by atoms with Gasteiger partial charge in [0.15, 0.2) is 0 Å². The van der Waals surface area contributed by atoms with Gasteiger partial charge in [0.05, 0.1) is 22.9 Å². The Kier molecular flexibility index (Phi) is 8.02. The summed E-state index contributed by atoms with van der Waals surface area (Å²) in [6.45, 7) is 3.77. The molecule has 0 saturated carbocycles. The number of pyridine rings is 1. The lowest BCUT2D eigenvalue weighted by Crippen LogP contribution is -2.49. The maximum absolute atomic E-state index is 12.8. The number of amides is 1. The predicted molar refractivity (Wildman–Crippen MR) is 161 cm³/mol. The Bertz CT molecular complexity index is 1680. The third kappa shape index (κ3) is 6.07. The molecule has 0 atom stereocenters. The van der Waals surface area contributed by atoms with Crippen LogP contribution in [0.15, 0.2) is 103 Å². The summed E-state index contributed by atoms with van der Waals surface area (Å²) in [5, 5.41) is 11.2. The minimum atomic E-state index is -0.395. The van der Waals surface area contributed by atoms with Gasteiger partial charge in [-0.3, -0.25) is 19.8 Å². The van der Waals surface area contributed by atoms with E-state index in [9.17, 15) is 14.9 Å². The van der Waals surface area contributed by atoms with Crippen molar-refractivity contribution in [1.29, 1.82) is 0 Å². The molecule has 5 aromatic rings. The number of imidazole rings is 1. The normalized spacial score (nSPS) is 13.9. The lowest BCUT2D eigenvalue weighted by Gasteiger charge is -2.34. The van der Waals surface area contributed by atoms with Crippen molar-refractivity contribution in [2.24, 2.45) is 0 Å². The van der Waals surface area contributed by atoms with E-state index in [2.05, 4.69) is 33.7 Å². The van der Waals surface area contributed by atoms with Crippen LogP contribution in [-0.2, 0) is 22.7 Å². The minimum absolute atomic E-state index is 0.000504. The highest BCUT2D eigenvalue weighted by Gasteiger charge is 2.24. The van der Waals surface area contributed by atoms with Crippen molar-refractivity contribution in [2.75, 3.05) is 32.8 Å². The van der Waals surface area contributed by atoms with Crippen LogP contribution in [0.2, 0.25) is 0 Å². The maximum Gasteiger partial charge on any atom is 0.269 e. The van der Waals surface area contributed by atoms with Crippen LogP contribution in [-0.4, -0.2) is 62.8 Å². The fourth-order valence-corrected chi connectivity index (χ4v) is 5.31. The van der Waals surface area contributed by atoms with E-state index in [1.54, 1.807) is 12.1 Å². The molecule has 1 aliphatic heterocycles. The van der Waals surface area contributed by atoms with Crippen LogP contribution in [0.1, 0.15) is 11.3 Å². The van der Waals surface area contributed by atoms with Crippen molar-refractivity contribution in [2.45, 2.75) is 13.2 Å². The van der Waals surface area contributed by atoms with E-state index in [1.165, 1.54) is 12.1 Å². The van der Waals surface area contributed by atoms with Gasteiger partial charge in [-0.05, 0) is 41.0 Å². The molecule has 1 amide bonds. The summed E-state index contributed by atoms with van der Waals surface area (Å²) in [5.41, 5.74) is 6.70. The van der Waals surface area contributed by atoms with E-state index in [1.807, 2.05) is 59.5 Å². The number of non-ortho nitro benzene ring substituents is 1. The molecule has 1 aliphatic rings. The number of hydrogen-bond donors (Lipinski definition) is 0. The molecule has 0 spiro atoms. The number of nitro groups is 1. The molecule has 9 heteroatoms. The first-order valence-electron chi connectivity index (χ1n) is 14.0. The van der Waals surface area contributed by atoms with Gasteiger partial charge < -0.3 is 14.0 Å². The average Bonchev–Trinajstić information content (AvgIpc) is 3.39. The summed E-state index contributed by atoms with van der Waals surface area (Å²) in [5.74, 6) is -0.000504. The van der Waals surface area contributed by atoms with Gasteiger partial charge in [0.1, 0.15) is 12.3 Å². The molecule has 1 saturated heterocycles. The van der Waals surface area contributed by atoms with E-state index < -0.39 is 4.92 Å². The largest absolute Gasteiger partial charge is 0.367 e. The molecule has 6 rings (SSSR count). The van der Waals surface area contributed by atoms with Gasteiger partial charge >= 0.3 is 0 Å². The minimum Gasteiger partial charge on any atom is -0.367 e. The molecule has 3 heterocycles. The Morgan fingerprint density at radius 1 is 0.810 bits per heavy atom. The van der Waals surface area contributed by atoms with E-state index in [0.717, 1.165) is 52.4 Å². The van der Waals surface area contributed by atoms with Crippen molar-refractivity contribution >= 4 is 17.2 Å². The molecule has 0 radical (unpaired) electrons. The Labute approximate surface area is 243 Å². The number of nitrogens with zero attached hydrogens (tertiary/aromatic N) is 5. The first kappa shape index (κ1) is 27.3. The number of carbonyl (C=O) groups is 1. The summed E-state index contributed by atoms with van der Waals surface area (Å²) in [6.07, 6.45) is 2.10. The Morgan fingerprint density at radius 3 is 2.17 bits per heavy atom. The van der Waals surface area contributed by atoms with E-state index in [0.29, 0.717) is 26.2 Å². The molecule has 3 aromatic carbocycles. The van der Waals surface area contributed by atoms with Crippen LogP contribution in [0.3, 0.4) is 0 Å². The number of ether oxygens (including phenoxy) is 1. The summed E-state index contributed by atoms with van der Waals surface area (Å²) >= 11 is 0. The second-order valence-corrected chi connectivity index (χ2v) is 10.4. The lowest BCUT2D eigenvalue weighted by molar-refractivity contribution is -0.384. The first-order valence-corrected chi connectivity index (χ1v) is 14.0. The van der Waals surface area contributed by atoms with Gasteiger partial charge in [0, 0.05) is 56.6 Å². The first-order chi connectivity index (χ1) is 20.5. The van der Waals surface area contributed by atoms with Crippen LogP contribution in [0.5, 0.6) is 0 Å². The molecule has 42 heavy (non-hydrogen) atoms. The van der Waals surface area contributed by atoms with Crippen LogP contribution in [0.4, 0.5) is 5.69 Å². The summed E-state index contributed by atoms with van der Waals surface area (Å²) in [7, 11) is 0. The zero-order valence-corrected chi connectivity index (χ0v) is 23.1. The number of carbonyl (C=O) groups excluding carboxylic acids is 1. The van der Waals surface area contributed by atoms with Crippen molar-refractivity contribution in [3.05, 3.63) is 125 Å². The Balaban J connectivity index is 1.20. The van der Waals surface area contributed by atoms with Crippen molar-refractivity contribution < 1.29 is 14.5 Å². The molecule has 9 nitrogen and oxygen atoms in total. The summed E-state index contributed by atoms with van der Waals surface area (Å²) in [4.78, 5) is 32.8. The van der Waals surface area contributed by atoms with Crippen LogP contribution >= 0.6 is 0 Å². The van der Waals surface area contributed by atoms with Crippen molar-refractivity contribution in [3.63, 3.8) is 0 Å². The molecule has 2 aromatic heterocycles. The van der Waals surface area contributed by atoms with Gasteiger partial charge in [-0.2, -0.15) is 0 Å². The van der Waals surface area contributed by atoms with Gasteiger partial charge in [0.25, 0.3) is 5.69 Å². The van der Waals surface area contributed by atoms with Gasteiger partial charge in [0.2, 0.25) is 5.91 Å². The zero-order chi connectivity index (χ0) is 28.9. The molecule has 0 unspecified atom stereocenters. The number of rotatable bonds is 9. The standard InChI is InChI=1S/C33H31N5O4/c39-32(24-42-23-25-7-3-1-4-8-25)36-19-17-35(18-20-36)22-30-33(27-11-14-29(15-12-27)38(40)41)34-31-16-13-28(21-37(30)31)26-9-5-2-6-10-26/h1-16,21H,17-20,22-24H2. The molecular formula is C33H31N5O4. The maximum atomic E-state index is 12.8. The molecule has 0 aliphatic carbocycles. The number of hydrogen-bond acceptors (Lipinski definition) is 6. The van der Waals surface area contributed by atoms with E-state index >= 15 is 0 Å². The third-order valence-electron chi connectivity index (χ3n) is 7.61. The smallest absolute Gasteiger partial charge is 0.269 e. The summed E-state index contributed by atoms with van der Waals surface area (Å²) < 4.78 is 7.79. The molecule has 212 valence electrons. The van der Waals surface area contributed by atoms with Gasteiger partial charge in [-0.15, -0.1) is 0 Å². The molecular weight excluding hydrogens is 530 g/mol. The Morgan fingerprint density at radius 2 is 1.48 bits per heavy atom. The number of fused-ring (bicyclic) bond motifs is 1. The lowest BCUT2D eigenvalue weighted by atomic mass is 10.1. The molecule has 0 bridgehead atoms. The van der Waals surface area contributed by atoms with Crippen molar-refractivity contribution in [1.82, 2.24) is 19.2 Å². The fourth-order valence-electron chi connectivity index (χ4n) is 5.31.